The van der Waals surface area contributed by atoms with E-state index in [9.17, 15) is 9.59 Å². The Morgan fingerprint density at radius 1 is 0.967 bits per heavy atom. The molecule has 4 rings (SSSR count). The number of carbonyl (C=O) groups excluding carboxylic acids is 2. The number of rotatable bonds is 7. The number of fused-ring (bicyclic) bond motifs is 1. The zero-order chi connectivity index (χ0) is 20.8. The van der Waals surface area contributed by atoms with Crippen LogP contribution < -0.4 is 15.0 Å². The molecule has 0 bridgehead atoms. The van der Waals surface area contributed by atoms with Gasteiger partial charge in [0.15, 0.2) is 0 Å². The van der Waals surface area contributed by atoms with Crippen molar-refractivity contribution < 1.29 is 19.2 Å². The highest BCUT2D eigenvalue weighted by Gasteiger charge is 2.21. The number of piperazine rings is 1. The molecule has 2 aromatic rings. The van der Waals surface area contributed by atoms with Crippen LogP contribution in [0.3, 0.4) is 0 Å². The Kier molecular flexibility index (Phi) is 6.49. The van der Waals surface area contributed by atoms with Crippen LogP contribution in [0.2, 0.25) is 0 Å². The van der Waals surface area contributed by atoms with Crippen LogP contribution in [0.25, 0.3) is 0 Å². The fraction of sp³-hybridized carbons (Fsp3) is 0.391. The summed E-state index contributed by atoms with van der Waals surface area (Å²) >= 11 is 0. The van der Waals surface area contributed by atoms with Crippen LogP contribution in [0.1, 0.15) is 24.8 Å². The Morgan fingerprint density at radius 2 is 1.77 bits per heavy atom. The van der Waals surface area contributed by atoms with E-state index in [0.29, 0.717) is 44.7 Å². The third-order valence-electron chi connectivity index (χ3n) is 5.37. The maximum Gasteiger partial charge on any atom is 0.325 e. The third-order valence-corrected chi connectivity index (χ3v) is 5.37. The van der Waals surface area contributed by atoms with Crippen LogP contribution in [-0.4, -0.2) is 49.7 Å². The Bertz CT molecular complexity index is 879. The number of carbonyl (C=O) groups is 2. The molecule has 0 aliphatic carbocycles. The van der Waals surface area contributed by atoms with Crippen molar-refractivity contribution in [3.8, 4) is 5.75 Å². The lowest BCUT2D eigenvalue weighted by atomic mass is 10.0. The van der Waals surface area contributed by atoms with E-state index < -0.39 is 0 Å². The number of nitrogens with one attached hydrogen (secondary N) is 1. The van der Waals surface area contributed by atoms with Gasteiger partial charge in [0.2, 0.25) is 5.91 Å². The van der Waals surface area contributed by atoms with E-state index in [1.165, 1.54) is 5.69 Å². The van der Waals surface area contributed by atoms with Crippen molar-refractivity contribution >= 4 is 23.3 Å². The molecule has 7 nitrogen and oxygen atoms in total. The van der Waals surface area contributed by atoms with Gasteiger partial charge in [-0.1, -0.05) is 30.3 Å². The van der Waals surface area contributed by atoms with E-state index >= 15 is 0 Å². The fourth-order valence-corrected chi connectivity index (χ4v) is 3.76. The fourth-order valence-electron chi connectivity index (χ4n) is 3.76. The summed E-state index contributed by atoms with van der Waals surface area (Å²) in [5.41, 5.74) is 3.04. The highest BCUT2D eigenvalue weighted by atomic mass is 16.7. The third kappa shape index (κ3) is 5.10. The monoisotopic (exact) mass is 409 g/mol. The van der Waals surface area contributed by atoms with E-state index in [1.807, 2.05) is 36.4 Å². The van der Waals surface area contributed by atoms with Crippen molar-refractivity contribution in [2.45, 2.75) is 25.7 Å². The average Bonchev–Trinajstić information content (AvgIpc) is 2.78. The van der Waals surface area contributed by atoms with E-state index in [-0.39, 0.29) is 11.9 Å². The summed E-state index contributed by atoms with van der Waals surface area (Å²) in [5.74, 6) is 0.426. The van der Waals surface area contributed by atoms with Crippen LogP contribution in [0.15, 0.2) is 48.5 Å². The molecule has 0 saturated carbocycles. The van der Waals surface area contributed by atoms with Crippen LogP contribution in [-0.2, 0) is 20.8 Å². The van der Waals surface area contributed by atoms with Crippen molar-refractivity contribution in [2.75, 3.05) is 43.0 Å². The number of hydrogen-bond donors (Lipinski definition) is 1. The molecule has 2 heterocycles. The summed E-state index contributed by atoms with van der Waals surface area (Å²) in [7, 11) is 0. The van der Waals surface area contributed by atoms with Crippen molar-refractivity contribution in [1.29, 1.82) is 0 Å². The lowest BCUT2D eigenvalue weighted by molar-refractivity contribution is -0.191. The first kappa shape index (κ1) is 20.2. The minimum atomic E-state index is -0.241. The lowest BCUT2D eigenvalue weighted by Crippen LogP contribution is -2.47. The zero-order valence-corrected chi connectivity index (χ0v) is 17.0. The van der Waals surface area contributed by atoms with Crippen molar-refractivity contribution in [3.05, 3.63) is 54.1 Å². The second-order valence-corrected chi connectivity index (χ2v) is 7.51. The molecule has 158 valence electrons. The second-order valence-electron chi connectivity index (χ2n) is 7.51. The van der Waals surface area contributed by atoms with Gasteiger partial charge in [-0.25, -0.2) is 0 Å². The molecule has 0 spiro atoms. The largest absolute Gasteiger partial charge is 0.491 e. The maximum absolute atomic E-state index is 12.2. The lowest BCUT2D eigenvalue weighted by Gasteiger charge is -2.34. The minimum Gasteiger partial charge on any atom is -0.491 e. The minimum absolute atomic E-state index is 0.00879. The molecule has 0 aromatic heterocycles. The van der Waals surface area contributed by atoms with E-state index in [2.05, 4.69) is 22.3 Å². The molecule has 30 heavy (non-hydrogen) atoms. The maximum atomic E-state index is 12.2. The molecule has 0 atom stereocenters. The summed E-state index contributed by atoms with van der Waals surface area (Å²) < 4.78 is 5.81. The highest BCUT2D eigenvalue weighted by Crippen LogP contribution is 2.32. The topological polar surface area (TPSA) is 71.1 Å². The number of amides is 1. The molecule has 0 unspecified atom stereocenters. The molecular weight excluding hydrogens is 382 g/mol. The average molecular weight is 409 g/mol. The molecule has 1 saturated heterocycles. The van der Waals surface area contributed by atoms with Gasteiger partial charge in [0.25, 0.3) is 0 Å². The highest BCUT2D eigenvalue weighted by molar-refractivity contribution is 5.95. The Balaban J connectivity index is 1.16. The molecular formula is C23H27N3O4. The van der Waals surface area contributed by atoms with Crippen LogP contribution in [0.5, 0.6) is 5.75 Å². The zero-order valence-electron chi connectivity index (χ0n) is 17.0. The van der Waals surface area contributed by atoms with Crippen molar-refractivity contribution in [3.63, 3.8) is 0 Å². The number of para-hydroxylation sites is 2. The van der Waals surface area contributed by atoms with Gasteiger partial charge in [-0.15, -0.1) is 5.06 Å². The molecule has 1 amide bonds. The summed E-state index contributed by atoms with van der Waals surface area (Å²) in [4.78, 5) is 31.6. The SMILES string of the molecule is O=C1CCc2cccc(OCCCC(=O)ON3CCN(c4ccccc4)CC3)c2N1. The number of ether oxygens (including phenoxy) is 1. The molecule has 2 aliphatic heterocycles. The first-order chi connectivity index (χ1) is 14.7. The van der Waals surface area contributed by atoms with E-state index in [1.54, 1.807) is 5.06 Å². The Labute approximate surface area is 176 Å². The number of aryl methyl sites for hydroxylation is 1. The summed E-state index contributed by atoms with van der Waals surface area (Å²) in [6.45, 7) is 3.42. The predicted molar refractivity (Wildman–Crippen MR) is 114 cm³/mol. The summed E-state index contributed by atoms with van der Waals surface area (Å²) in [6, 6.07) is 16.0. The molecule has 1 N–H and O–H groups in total. The molecule has 7 heteroatoms. The number of anilines is 2. The van der Waals surface area contributed by atoms with Gasteiger partial charge in [0.05, 0.1) is 31.8 Å². The van der Waals surface area contributed by atoms with E-state index in [4.69, 9.17) is 9.57 Å². The molecule has 2 aliphatic rings. The molecule has 0 radical (unpaired) electrons. The van der Waals surface area contributed by atoms with Crippen molar-refractivity contribution in [1.82, 2.24) is 5.06 Å². The normalized spacial score (nSPS) is 16.5. The number of hydrogen-bond acceptors (Lipinski definition) is 6. The first-order valence-corrected chi connectivity index (χ1v) is 10.5. The van der Waals surface area contributed by atoms with Gasteiger partial charge in [-0.05, 0) is 36.6 Å². The van der Waals surface area contributed by atoms with Gasteiger partial charge in [-0.3, -0.25) is 9.59 Å². The van der Waals surface area contributed by atoms with Crippen LogP contribution >= 0.6 is 0 Å². The Hall–Kier alpha value is -3.06. The van der Waals surface area contributed by atoms with Gasteiger partial charge in [-0.2, -0.15) is 0 Å². The van der Waals surface area contributed by atoms with Gasteiger partial charge in [0, 0.05) is 25.2 Å². The standard InChI is InChI=1S/C23H27N3O4/c27-21-12-11-18-6-4-9-20(23(18)24-21)29-17-5-10-22(28)30-26-15-13-25(14-16-26)19-7-2-1-3-8-19/h1-4,6-9H,5,10-17H2,(H,24,27). The molecule has 2 aromatic carbocycles. The quantitative estimate of drug-likeness (QED) is 0.709. The summed E-state index contributed by atoms with van der Waals surface area (Å²) in [6.07, 6.45) is 2.07. The number of benzene rings is 2. The van der Waals surface area contributed by atoms with Gasteiger partial charge >= 0.3 is 5.97 Å². The first-order valence-electron chi connectivity index (χ1n) is 10.5. The van der Waals surface area contributed by atoms with Crippen molar-refractivity contribution in [2.24, 2.45) is 0 Å². The number of hydroxylamine groups is 2. The predicted octanol–water partition coefficient (Wildman–Crippen LogP) is 3.01. The number of nitrogens with zero attached hydrogens (tertiary/aromatic N) is 2. The van der Waals surface area contributed by atoms with Gasteiger partial charge < -0.3 is 19.8 Å². The molecule has 1 fully saturated rings. The van der Waals surface area contributed by atoms with Crippen LogP contribution in [0.4, 0.5) is 11.4 Å². The van der Waals surface area contributed by atoms with E-state index in [0.717, 1.165) is 30.8 Å². The Morgan fingerprint density at radius 3 is 2.57 bits per heavy atom. The smallest absolute Gasteiger partial charge is 0.325 e. The second kappa shape index (κ2) is 9.63. The summed E-state index contributed by atoms with van der Waals surface area (Å²) in [5, 5.41) is 4.62. The van der Waals surface area contributed by atoms with Gasteiger partial charge in [0.1, 0.15) is 5.75 Å². The van der Waals surface area contributed by atoms with Crippen LogP contribution in [0, 0.1) is 0 Å².